The van der Waals surface area contributed by atoms with Crippen LogP contribution in [0.4, 0.5) is 11.4 Å². The lowest BCUT2D eigenvalue weighted by atomic mass is 10.2. The minimum Gasteiger partial charge on any atom is -0.484 e. The topological polar surface area (TPSA) is 105 Å². The van der Waals surface area contributed by atoms with E-state index in [9.17, 15) is 18.0 Å². The molecule has 3 rings (SSSR count). The second-order valence-electron chi connectivity index (χ2n) is 7.06. The van der Waals surface area contributed by atoms with Crippen LogP contribution in [0, 0.1) is 0 Å². The Morgan fingerprint density at radius 3 is 2.30 bits per heavy atom. The lowest BCUT2D eigenvalue weighted by Gasteiger charge is -2.19. The fourth-order valence-electron chi connectivity index (χ4n) is 2.97. The first-order chi connectivity index (χ1) is 15.8. The summed E-state index contributed by atoms with van der Waals surface area (Å²) < 4.78 is 32.6. The van der Waals surface area contributed by atoms with Gasteiger partial charge in [0.25, 0.3) is 21.8 Å². The van der Waals surface area contributed by atoms with Gasteiger partial charge in [0.15, 0.2) is 6.61 Å². The van der Waals surface area contributed by atoms with Crippen LogP contribution in [0.5, 0.6) is 5.75 Å². The van der Waals surface area contributed by atoms with E-state index in [1.165, 1.54) is 29.6 Å². The highest BCUT2D eigenvalue weighted by atomic mass is 32.2. The number of carbonyl (C=O) groups is 2. The molecule has 0 fully saturated rings. The molecule has 0 spiro atoms. The molecule has 3 aromatic carbocycles. The number of sulfonamides is 1. The van der Waals surface area contributed by atoms with Gasteiger partial charge in [0.1, 0.15) is 5.75 Å². The molecule has 0 bridgehead atoms. The van der Waals surface area contributed by atoms with E-state index in [0.29, 0.717) is 23.7 Å². The van der Waals surface area contributed by atoms with Crippen molar-refractivity contribution in [2.24, 2.45) is 0 Å². The van der Waals surface area contributed by atoms with Crippen LogP contribution in [-0.2, 0) is 14.8 Å². The second-order valence-corrected chi connectivity index (χ2v) is 9.03. The van der Waals surface area contributed by atoms with Crippen molar-refractivity contribution in [2.75, 3.05) is 29.8 Å². The van der Waals surface area contributed by atoms with Gasteiger partial charge in [-0.05, 0) is 61.5 Å². The van der Waals surface area contributed by atoms with Gasteiger partial charge >= 0.3 is 0 Å². The molecule has 2 amide bonds. The number of nitrogens with one attached hydrogen (secondary N) is 2. The Labute approximate surface area is 193 Å². The third-order valence-corrected chi connectivity index (χ3v) is 6.51. The standard InChI is InChI=1S/C24H25N3O5S/c1-3-25-23(28)17-32-21-14-12-19(13-15-21)26-24(29)18-8-7-11-22(16-18)33(30,31)27(2)20-9-5-4-6-10-20/h4-16H,3,17H2,1-2H3,(H,25,28)(H,26,29). The lowest BCUT2D eigenvalue weighted by Crippen LogP contribution is -2.28. The summed E-state index contributed by atoms with van der Waals surface area (Å²) in [4.78, 5) is 24.2. The first kappa shape index (κ1) is 23.8. The first-order valence-corrected chi connectivity index (χ1v) is 11.7. The van der Waals surface area contributed by atoms with E-state index in [1.807, 2.05) is 6.92 Å². The van der Waals surface area contributed by atoms with Gasteiger partial charge in [0, 0.05) is 24.8 Å². The van der Waals surface area contributed by atoms with Crippen molar-refractivity contribution in [3.8, 4) is 5.75 Å². The van der Waals surface area contributed by atoms with E-state index in [-0.39, 0.29) is 23.0 Å². The Morgan fingerprint density at radius 1 is 0.939 bits per heavy atom. The minimum absolute atomic E-state index is 0.00982. The van der Waals surface area contributed by atoms with Gasteiger partial charge in [-0.3, -0.25) is 13.9 Å². The number of hydrogen-bond donors (Lipinski definition) is 2. The summed E-state index contributed by atoms with van der Waals surface area (Å²) in [5.41, 5.74) is 1.22. The Balaban J connectivity index is 1.69. The van der Waals surface area contributed by atoms with Crippen molar-refractivity contribution in [3.63, 3.8) is 0 Å². The van der Waals surface area contributed by atoms with Crippen molar-refractivity contribution in [1.82, 2.24) is 5.32 Å². The molecule has 0 aliphatic carbocycles. The zero-order chi connectivity index (χ0) is 23.8. The van der Waals surface area contributed by atoms with Crippen LogP contribution in [0.3, 0.4) is 0 Å². The SMILES string of the molecule is CCNC(=O)COc1ccc(NC(=O)c2cccc(S(=O)(=O)N(C)c3ccccc3)c2)cc1. The number of amides is 2. The highest BCUT2D eigenvalue weighted by molar-refractivity contribution is 7.92. The number of carbonyl (C=O) groups excluding carboxylic acids is 2. The van der Waals surface area contributed by atoms with Crippen LogP contribution in [-0.4, -0.2) is 40.4 Å². The quantitative estimate of drug-likeness (QED) is 0.503. The molecule has 0 atom stereocenters. The number of para-hydroxylation sites is 1. The smallest absolute Gasteiger partial charge is 0.264 e. The van der Waals surface area contributed by atoms with Gasteiger partial charge in [-0.15, -0.1) is 0 Å². The monoisotopic (exact) mass is 467 g/mol. The van der Waals surface area contributed by atoms with Gasteiger partial charge in [-0.25, -0.2) is 8.42 Å². The van der Waals surface area contributed by atoms with Crippen LogP contribution < -0.4 is 19.7 Å². The summed E-state index contributed by atoms with van der Waals surface area (Å²) in [5.74, 6) is -0.190. The summed E-state index contributed by atoms with van der Waals surface area (Å²) in [5, 5.41) is 5.36. The Hall–Kier alpha value is -3.85. The summed E-state index contributed by atoms with van der Waals surface area (Å²) in [7, 11) is -2.37. The van der Waals surface area contributed by atoms with Crippen LogP contribution in [0.15, 0.2) is 83.8 Å². The van der Waals surface area contributed by atoms with Crippen molar-refractivity contribution >= 4 is 33.2 Å². The van der Waals surface area contributed by atoms with Gasteiger partial charge in [0.05, 0.1) is 10.6 Å². The molecule has 2 N–H and O–H groups in total. The molecule has 0 heterocycles. The van der Waals surface area contributed by atoms with Gasteiger partial charge in [0.2, 0.25) is 0 Å². The van der Waals surface area contributed by atoms with Crippen molar-refractivity contribution in [3.05, 3.63) is 84.4 Å². The molecule has 0 aliphatic heterocycles. The minimum atomic E-state index is -3.84. The number of anilines is 2. The average molecular weight is 468 g/mol. The summed E-state index contributed by atoms with van der Waals surface area (Å²) in [6.45, 7) is 2.25. The Morgan fingerprint density at radius 2 is 1.64 bits per heavy atom. The maximum Gasteiger partial charge on any atom is 0.264 e. The predicted octanol–water partition coefficient (Wildman–Crippen LogP) is 3.28. The molecule has 9 heteroatoms. The Bertz CT molecular complexity index is 1210. The average Bonchev–Trinajstić information content (AvgIpc) is 2.84. The fourth-order valence-corrected chi connectivity index (χ4v) is 4.21. The van der Waals surface area contributed by atoms with Gasteiger partial charge in [-0.1, -0.05) is 24.3 Å². The largest absolute Gasteiger partial charge is 0.484 e. The van der Waals surface area contributed by atoms with Gasteiger partial charge in [-0.2, -0.15) is 0 Å². The zero-order valence-electron chi connectivity index (χ0n) is 18.3. The van der Waals surface area contributed by atoms with Crippen molar-refractivity contribution < 1.29 is 22.7 Å². The maximum atomic E-state index is 13.0. The summed E-state index contributed by atoms with van der Waals surface area (Å²) in [6.07, 6.45) is 0. The molecule has 0 unspecified atom stereocenters. The molecule has 0 saturated heterocycles. The number of ether oxygens (including phenoxy) is 1. The van der Waals surface area contributed by atoms with Crippen LogP contribution >= 0.6 is 0 Å². The molecule has 0 saturated carbocycles. The molecule has 33 heavy (non-hydrogen) atoms. The number of benzene rings is 3. The third-order valence-electron chi connectivity index (χ3n) is 4.73. The maximum absolute atomic E-state index is 13.0. The molecule has 0 aromatic heterocycles. The van der Waals surface area contributed by atoms with E-state index in [0.717, 1.165) is 0 Å². The normalized spacial score (nSPS) is 10.8. The van der Waals surface area contributed by atoms with E-state index in [1.54, 1.807) is 60.7 Å². The highest BCUT2D eigenvalue weighted by Gasteiger charge is 2.22. The molecule has 3 aromatic rings. The van der Waals surface area contributed by atoms with Crippen LogP contribution in [0.25, 0.3) is 0 Å². The zero-order valence-corrected chi connectivity index (χ0v) is 19.1. The van der Waals surface area contributed by atoms with E-state index < -0.39 is 15.9 Å². The van der Waals surface area contributed by atoms with Crippen molar-refractivity contribution in [2.45, 2.75) is 11.8 Å². The molecular weight excluding hydrogens is 442 g/mol. The summed E-state index contributed by atoms with van der Waals surface area (Å²) >= 11 is 0. The van der Waals surface area contributed by atoms with E-state index in [4.69, 9.17) is 4.74 Å². The second kappa shape index (κ2) is 10.6. The third kappa shape index (κ3) is 6.11. The van der Waals surface area contributed by atoms with E-state index in [2.05, 4.69) is 10.6 Å². The lowest BCUT2D eigenvalue weighted by molar-refractivity contribution is -0.122. The van der Waals surface area contributed by atoms with Crippen LogP contribution in [0.1, 0.15) is 17.3 Å². The van der Waals surface area contributed by atoms with Crippen LogP contribution in [0.2, 0.25) is 0 Å². The number of hydrogen-bond acceptors (Lipinski definition) is 5. The highest BCUT2D eigenvalue weighted by Crippen LogP contribution is 2.23. The van der Waals surface area contributed by atoms with Gasteiger partial charge < -0.3 is 15.4 Å². The van der Waals surface area contributed by atoms with E-state index >= 15 is 0 Å². The molecule has 0 radical (unpaired) electrons. The number of nitrogens with zero attached hydrogens (tertiary/aromatic N) is 1. The molecule has 172 valence electrons. The summed E-state index contributed by atoms with van der Waals surface area (Å²) in [6, 6.07) is 21.1. The van der Waals surface area contributed by atoms with Crippen molar-refractivity contribution in [1.29, 1.82) is 0 Å². The Kier molecular flexibility index (Phi) is 7.68. The molecule has 0 aliphatic rings. The number of likely N-dealkylation sites (N-methyl/N-ethyl adjacent to an activating group) is 1. The fraction of sp³-hybridized carbons (Fsp3) is 0.167. The molecule has 8 nitrogen and oxygen atoms in total. The first-order valence-electron chi connectivity index (χ1n) is 10.3. The predicted molar refractivity (Wildman–Crippen MR) is 127 cm³/mol. The number of rotatable bonds is 9. The molecular formula is C24H25N3O5S.